The van der Waals surface area contributed by atoms with Crippen molar-refractivity contribution in [1.29, 1.82) is 0 Å². The van der Waals surface area contributed by atoms with Crippen LogP contribution in [-0.4, -0.2) is 48.1 Å². The molecule has 0 amide bonds. The molecule has 1 aliphatic heterocycles. The van der Waals surface area contributed by atoms with Gasteiger partial charge in [0, 0.05) is 38.9 Å². The van der Waals surface area contributed by atoms with E-state index >= 15 is 0 Å². The molecule has 0 unspecified atom stereocenters. The van der Waals surface area contributed by atoms with Crippen LogP contribution in [0.25, 0.3) is 0 Å². The molecule has 1 aliphatic rings. The van der Waals surface area contributed by atoms with Crippen molar-refractivity contribution in [3.05, 3.63) is 89.1 Å². The average molecular weight is 474 g/mol. The molecular weight excluding hydrogens is 438 g/mol. The number of rotatable bonds is 9. The van der Waals surface area contributed by atoms with Crippen LogP contribution in [0.1, 0.15) is 47.8 Å². The van der Waals surface area contributed by atoms with Crippen molar-refractivity contribution in [3.8, 4) is 5.75 Å². The molecule has 0 spiro atoms. The number of nitrogens with zero attached hydrogens (tertiary/aromatic N) is 3. The van der Waals surface area contributed by atoms with Gasteiger partial charge < -0.3 is 14.4 Å². The van der Waals surface area contributed by atoms with E-state index in [0.717, 1.165) is 44.9 Å². The maximum atomic E-state index is 12.5. The van der Waals surface area contributed by atoms with E-state index in [1.54, 1.807) is 18.3 Å². The molecule has 1 saturated heterocycles. The number of hydrogen-bond acceptors (Lipinski definition) is 6. The Kier molecular flexibility index (Phi) is 8.37. The maximum absolute atomic E-state index is 12.5. The van der Waals surface area contributed by atoms with E-state index in [1.807, 2.05) is 13.8 Å². The Morgan fingerprint density at radius 1 is 0.943 bits per heavy atom. The number of pyridine rings is 1. The molecule has 35 heavy (non-hydrogen) atoms. The second-order valence-corrected chi connectivity index (χ2v) is 9.15. The van der Waals surface area contributed by atoms with E-state index in [0.29, 0.717) is 18.0 Å². The van der Waals surface area contributed by atoms with Crippen LogP contribution in [-0.2, 0) is 24.3 Å². The fourth-order valence-corrected chi connectivity index (χ4v) is 4.36. The SMILES string of the molecule is CCc1ccccc1COc1ccc(CN2CCN(c3ncccc3C(=O)OC(C)C)CC2)cc1. The molecule has 0 saturated carbocycles. The number of piperazine rings is 1. The van der Waals surface area contributed by atoms with E-state index in [9.17, 15) is 4.79 Å². The average Bonchev–Trinajstić information content (AvgIpc) is 2.88. The fraction of sp³-hybridized carbons (Fsp3) is 0.379. The highest BCUT2D eigenvalue weighted by Gasteiger charge is 2.23. The van der Waals surface area contributed by atoms with Crippen LogP contribution in [0.15, 0.2) is 66.9 Å². The Balaban J connectivity index is 1.29. The van der Waals surface area contributed by atoms with Gasteiger partial charge in [-0.25, -0.2) is 9.78 Å². The number of carbonyl (C=O) groups excluding carboxylic acids is 1. The van der Waals surface area contributed by atoms with Gasteiger partial charge in [0.25, 0.3) is 0 Å². The van der Waals surface area contributed by atoms with Crippen LogP contribution >= 0.6 is 0 Å². The summed E-state index contributed by atoms with van der Waals surface area (Å²) in [6.07, 6.45) is 2.59. The first-order chi connectivity index (χ1) is 17.0. The molecule has 6 heteroatoms. The molecule has 0 radical (unpaired) electrons. The van der Waals surface area contributed by atoms with Crippen LogP contribution in [0.2, 0.25) is 0 Å². The van der Waals surface area contributed by atoms with E-state index in [1.165, 1.54) is 16.7 Å². The van der Waals surface area contributed by atoms with Gasteiger partial charge in [-0.05, 0) is 61.2 Å². The summed E-state index contributed by atoms with van der Waals surface area (Å²) in [5, 5.41) is 0. The van der Waals surface area contributed by atoms with Crippen molar-refractivity contribution in [1.82, 2.24) is 9.88 Å². The zero-order chi connectivity index (χ0) is 24.6. The molecule has 0 atom stereocenters. The molecule has 184 valence electrons. The molecule has 0 bridgehead atoms. The largest absolute Gasteiger partial charge is 0.489 e. The number of hydrogen-bond donors (Lipinski definition) is 0. The van der Waals surface area contributed by atoms with Crippen molar-refractivity contribution in [2.24, 2.45) is 0 Å². The molecule has 4 rings (SSSR count). The third-order valence-corrected chi connectivity index (χ3v) is 6.24. The minimum Gasteiger partial charge on any atom is -0.489 e. The second kappa shape index (κ2) is 11.8. The number of aryl methyl sites for hydroxylation is 1. The Hall–Kier alpha value is -3.38. The first-order valence-corrected chi connectivity index (χ1v) is 12.4. The maximum Gasteiger partial charge on any atom is 0.342 e. The van der Waals surface area contributed by atoms with Crippen molar-refractivity contribution in [2.75, 3.05) is 31.1 Å². The molecule has 1 aromatic heterocycles. The molecule has 3 aromatic rings. The lowest BCUT2D eigenvalue weighted by Crippen LogP contribution is -2.46. The van der Waals surface area contributed by atoms with Crippen molar-refractivity contribution < 1.29 is 14.3 Å². The van der Waals surface area contributed by atoms with E-state index < -0.39 is 0 Å². The lowest BCUT2D eigenvalue weighted by molar-refractivity contribution is 0.0378. The molecular formula is C29H35N3O3. The van der Waals surface area contributed by atoms with Crippen LogP contribution in [0.4, 0.5) is 5.82 Å². The van der Waals surface area contributed by atoms with Gasteiger partial charge in [0.05, 0.1) is 6.10 Å². The topological polar surface area (TPSA) is 54.9 Å². The molecule has 1 fully saturated rings. The molecule has 2 heterocycles. The Bertz CT molecular complexity index is 1110. The van der Waals surface area contributed by atoms with Crippen molar-refractivity contribution in [3.63, 3.8) is 0 Å². The van der Waals surface area contributed by atoms with Crippen LogP contribution in [0, 0.1) is 0 Å². The summed E-state index contributed by atoms with van der Waals surface area (Å²) in [5.74, 6) is 1.29. The van der Waals surface area contributed by atoms with E-state index in [4.69, 9.17) is 9.47 Å². The first kappa shape index (κ1) is 24.7. The van der Waals surface area contributed by atoms with Crippen LogP contribution in [0.3, 0.4) is 0 Å². The van der Waals surface area contributed by atoms with Crippen molar-refractivity contribution >= 4 is 11.8 Å². The number of aromatic nitrogens is 1. The normalized spacial score (nSPS) is 14.2. The second-order valence-electron chi connectivity index (χ2n) is 9.15. The predicted octanol–water partition coefficient (Wildman–Crippen LogP) is 5.11. The highest BCUT2D eigenvalue weighted by molar-refractivity contribution is 5.94. The molecule has 6 nitrogen and oxygen atoms in total. The number of benzene rings is 2. The van der Waals surface area contributed by atoms with Gasteiger partial charge in [-0.2, -0.15) is 0 Å². The third-order valence-electron chi connectivity index (χ3n) is 6.24. The zero-order valence-electron chi connectivity index (χ0n) is 20.9. The lowest BCUT2D eigenvalue weighted by Gasteiger charge is -2.36. The molecule has 2 aromatic carbocycles. The highest BCUT2D eigenvalue weighted by Crippen LogP contribution is 2.22. The standard InChI is InChI=1S/C29H35N3O3/c1-4-24-8-5-6-9-25(24)21-34-26-13-11-23(12-14-26)20-31-16-18-32(19-17-31)28-27(10-7-15-30-28)29(33)35-22(2)3/h5-15,22H,4,16-21H2,1-3H3. The predicted molar refractivity (Wildman–Crippen MR) is 139 cm³/mol. The van der Waals surface area contributed by atoms with Crippen LogP contribution in [0.5, 0.6) is 5.75 Å². The van der Waals surface area contributed by atoms with Crippen LogP contribution < -0.4 is 9.64 Å². The highest BCUT2D eigenvalue weighted by atomic mass is 16.5. The quantitative estimate of drug-likeness (QED) is 0.403. The summed E-state index contributed by atoms with van der Waals surface area (Å²) < 4.78 is 11.4. The zero-order valence-corrected chi connectivity index (χ0v) is 20.9. The monoisotopic (exact) mass is 473 g/mol. The summed E-state index contributed by atoms with van der Waals surface area (Å²) >= 11 is 0. The fourth-order valence-electron chi connectivity index (χ4n) is 4.36. The van der Waals surface area contributed by atoms with Crippen molar-refractivity contribution in [2.45, 2.75) is 46.4 Å². The number of ether oxygens (including phenoxy) is 2. The van der Waals surface area contributed by atoms with Gasteiger partial charge in [-0.1, -0.05) is 43.3 Å². The summed E-state index contributed by atoms with van der Waals surface area (Å²) in [4.78, 5) is 21.6. The summed E-state index contributed by atoms with van der Waals surface area (Å²) in [7, 11) is 0. The summed E-state index contributed by atoms with van der Waals surface area (Å²) in [5.41, 5.74) is 4.37. The molecule has 0 N–H and O–H groups in total. The number of anilines is 1. The Morgan fingerprint density at radius 2 is 1.66 bits per heavy atom. The third kappa shape index (κ3) is 6.61. The Labute approximate surface area is 208 Å². The minimum absolute atomic E-state index is 0.156. The molecule has 0 aliphatic carbocycles. The number of esters is 1. The lowest BCUT2D eigenvalue weighted by atomic mass is 10.1. The summed E-state index contributed by atoms with van der Waals surface area (Å²) in [6, 6.07) is 20.4. The number of carbonyl (C=O) groups is 1. The minimum atomic E-state index is -0.314. The summed E-state index contributed by atoms with van der Waals surface area (Å²) in [6.45, 7) is 10.8. The van der Waals surface area contributed by atoms with E-state index in [-0.39, 0.29) is 12.1 Å². The van der Waals surface area contributed by atoms with Gasteiger partial charge in [-0.3, -0.25) is 4.90 Å². The van der Waals surface area contributed by atoms with Gasteiger partial charge in [-0.15, -0.1) is 0 Å². The Morgan fingerprint density at radius 3 is 2.34 bits per heavy atom. The van der Waals surface area contributed by atoms with Gasteiger partial charge in [0.2, 0.25) is 0 Å². The van der Waals surface area contributed by atoms with Gasteiger partial charge in [0.15, 0.2) is 0 Å². The van der Waals surface area contributed by atoms with E-state index in [2.05, 4.69) is 70.2 Å². The smallest absolute Gasteiger partial charge is 0.342 e. The van der Waals surface area contributed by atoms with Gasteiger partial charge in [0.1, 0.15) is 23.7 Å². The van der Waals surface area contributed by atoms with Gasteiger partial charge >= 0.3 is 5.97 Å². The first-order valence-electron chi connectivity index (χ1n) is 12.4.